The highest BCUT2D eigenvalue weighted by Crippen LogP contribution is 2.33. The topological polar surface area (TPSA) is 100 Å². The molecule has 0 aliphatic carbocycles. The van der Waals surface area contributed by atoms with Gasteiger partial charge >= 0.3 is 0 Å². The van der Waals surface area contributed by atoms with Crippen LogP contribution in [0.5, 0.6) is 11.5 Å². The summed E-state index contributed by atoms with van der Waals surface area (Å²) in [6, 6.07) is 17.5. The molecule has 30 heavy (non-hydrogen) atoms. The first-order valence-electron chi connectivity index (χ1n) is 9.90. The van der Waals surface area contributed by atoms with Crippen LogP contribution in [0.4, 0.5) is 5.82 Å². The molecule has 152 valence electrons. The maximum absolute atomic E-state index is 6.22. The van der Waals surface area contributed by atoms with Crippen LogP contribution in [-0.4, -0.2) is 46.1 Å². The van der Waals surface area contributed by atoms with E-state index in [1.165, 1.54) is 6.33 Å². The first kappa shape index (κ1) is 18.5. The third-order valence-electron chi connectivity index (χ3n) is 5.08. The summed E-state index contributed by atoms with van der Waals surface area (Å²) in [5.74, 6) is 1.95. The number of nitrogens with one attached hydrogen (secondary N) is 1. The van der Waals surface area contributed by atoms with Crippen molar-refractivity contribution in [2.24, 2.45) is 0 Å². The van der Waals surface area contributed by atoms with E-state index in [1.807, 2.05) is 59.3 Å². The number of ether oxygens (including phenoxy) is 2. The number of rotatable bonds is 4. The van der Waals surface area contributed by atoms with Crippen molar-refractivity contribution in [3.8, 4) is 22.8 Å². The number of hydrogen-bond acceptors (Lipinski definition) is 7. The Labute approximate surface area is 173 Å². The van der Waals surface area contributed by atoms with Gasteiger partial charge in [0.2, 0.25) is 0 Å². The van der Waals surface area contributed by atoms with Crippen molar-refractivity contribution < 1.29 is 9.47 Å². The first-order chi connectivity index (χ1) is 14.8. The van der Waals surface area contributed by atoms with Crippen molar-refractivity contribution in [1.29, 1.82) is 0 Å². The second-order valence-corrected chi connectivity index (χ2v) is 7.12. The van der Waals surface area contributed by atoms with Gasteiger partial charge in [0.05, 0.1) is 24.6 Å². The number of fused-ring (bicyclic) bond motifs is 1. The van der Waals surface area contributed by atoms with Crippen LogP contribution in [0, 0.1) is 0 Å². The van der Waals surface area contributed by atoms with E-state index >= 15 is 0 Å². The summed E-state index contributed by atoms with van der Waals surface area (Å²) in [4.78, 5) is 8.65. The van der Waals surface area contributed by atoms with E-state index in [-0.39, 0.29) is 6.04 Å². The Morgan fingerprint density at radius 3 is 2.67 bits per heavy atom. The lowest BCUT2D eigenvalue weighted by molar-refractivity contribution is 0.123. The zero-order valence-corrected chi connectivity index (χ0v) is 16.4. The van der Waals surface area contributed by atoms with Crippen LogP contribution in [0.2, 0.25) is 0 Å². The van der Waals surface area contributed by atoms with E-state index in [1.54, 1.807) is 0 Å². The summed E-state index contributed by atoms with van der Waals surface area (Å²) >= 11 is 0. The van der Waals surface area contributed by atoms with Gasteiger partial charge in [0.25, 0.3) is 0 Å². The summed E-state index contributed by atoms with van der Waals surface area (Å²) in [6.07, 6.45) is 1.47. The molecule has 0 radical (unpaired) electrons. The van der Waals surface area contributed by atoms with Crippen molar-refractivity contribution in [3.05, 3.63) is 60.9 Å². The van der Waals surface area contributed by atoms with E-state index in [2.05, 4.69) is 15.3 Å². The maximum atomic E-state index is 6.22. The molecule has 4 aromatic rings. The Bertz CT molecular complexity index is 1140. The number of anilines is 1. The molecule has 1 aliphatic heterocycles. The molecule has 5 rings (SSSR count). The molecule has 2 aromatic carbocycles. The van der Waals surface area contributed by atoms with Crippen LogP contribution in [0.1, 0.15) is 6.04 Å². The third-order valence-corrected chi connectivity index (χ3v) is 5.08. The summed E-state index contributed by atoms with van der Waals surface area (Å²) in [6.45, 7) is 2.83. The van der Waals surface area contributed by atoms with Gasteiger partial charge in [0.15, 0.2) is 5.65 Å². The zero-order chi connectivity index (χ0) is 20.3. The van der Waals surface area contributed by atoms with Crippen LogP contribution in [0.3, 0.4) is 0 Å². The Morgan fingerprint density at radius 1 is 1.03 bits per heavy atom. The van der Waals surface area contributed by atoms with Crippen molar-refractivity contribution in [1.82, 2.24) is 25.1 Å². The minimum Gasteiger partial charge on any atom is -0.457 e. The molecule has 3 heterocycles. The van der Waals surface area contributed by atoms with Crippen LogP contribution in [-0.2, 0) is 4.74 Å². The first-order valence-corrected chi connectivity index (χ1v) is 9.90. The van der Waals surface area contributed by atoms with Crippen LogP contribution >= 0.6 is 0 Å². The predicted molar refractivity (Wildman–Crippen MR) is 114 cm³/mol. The average molecular weight is 402 g/mol. The molecule has 3 N–H and O–H groups in total. The lowest BCUT2D eigenvalue weighted by Gasteiger charge is -2.14. The Kier molecular flexibility index (Phi) is 5.00. The summed E-state index contributed by atoms with van der Waals surface area (Å²) in [5, 5.41) is 9.00. The van der Waals surface area contributed by atoms with Gasteiger partial charge in [0.1, 0.15) is 29.3 Å². The van der Waals surface area contributed by atoms with Crippen LogP contribution in [0.15, 0.2) is 60.9 Å². The van der Waals surface area contributed by atoms with E-state index in [9.17, 15) is 0 Å². The molecule has 1 atom stereocenters. The molecule has 8 nitrogen and oxygen atoms in total. The zero-order valence-electron chi connectivity index (χ0n) is 16.4. The van der Waals surface area contributed by atoms with Gasteiger partial charge in [-0.05, 0) is 36.4 Å². The largest absolute Gasteiger partial charge is 0.457 e. The van der Waals surface area contributed by atoms with Gasteiger partial charge in [-0.15, -0.1) is 0 Å². The molecule has 0 bridgehead atoms. The number of nitrogen functional groups attached to an aromatic ring is 1. The number of hydrogen-bond donors (Lipinski definition) is 2. The monoisotopic (exact) mass is 402 g/mol. The molecule has 1 aliphatic rings. The second-order valence-electron chi connectivity index (χ2n) is 7.12. The van der Waals surface area contributed by atoms with Gasteiger partial charge in [-0.3, -0.25) is 0 Å². The van der Waals surface area contributed by atoms with Crippen molar-refractivity contribution >= 4 is 16.9 Å². The summed E-state index contributed by atoms with van der Waals surface area (Å²) in [7, 11) is 0. The molecular weight excluding hydrogens is 380 g/mol. The van der Waals surface area contributed by atoms with Gasteiger partial charge in [-0.25, -0.2) is 14.6 Å². The number of benzene rings is 2. The summed E-state index contributed by atoms with van der Waals surface area (Å²) in [5.41, 5.74) is 8.60. The third kappa shape index (κ3) is 3.58. The van der Waals surface area contributed by atoms with Gasteiger partial charge in [0, 0.05) is 18.7 Å². The number of nitrogens with zero attached hydrogens (tertiary/aromatic N) is 4. The minimum atomic E-state index is 0.0266. The molecule has 0 amide bonds. The van der Waals surface area contributed by atoms with E-state index in [4.69, 9.17) is 20.3 Å². The fraction of sp³-hybridized carbons (Fsp3) is 0.227. The normalized spacial score (nSPS) is 17.0. The van der Waals surface area contributed by atoms with Gasteiger partial charge in [-0.1, -0.05) is 18.2 Å². The fourth-order valence-electron chi connectivity index (χ4n) is 3.61. The lowest BCUT2D eigenvalue weighted by Crippen LogP contribution is -2.26. The highest BCUT2D eigenvalue weighted by atomic mass is 16.5. The highest BCUT2D eigenvalue weighted by molar-refractivity contribution is 5.98. The number of para-hydroxylation sites is 1. The molecule has 8 heteroatoms. The standard InChI is InChI=1S/C22H22N6O2/c23-21-19-20(15-6-8-18(9-7-15)30-17-4-2-1-3-5-17)27-28(22(19)26-14-25-21)16-12-24-10-11-29-13-16/h1-9,14,16,24H,10-13H2,(H2,23,25,26). The van der Waals surface area contributed by atoms with Gasteiger partial charge < -0.3 is 20.5 Å². The Morgan fingerprint density at radius 2 is 1.83 bits per heavy atom. The maximum Gasteiger partial charge on any atom is 0.164 e. The molecule has 0 saturated carbocycles. The molecule has 1 unspecified atom stereocenters. The molecular formula is C22H22N6O2. The SMILES string of the molecule is Nc1ncnc2c1c(-c1ccc(Oc3ccccc3)cc1)nn2C1CNCCOC1. The van der Waals surface area contributed by atoms with Crippen LogP contribution < -0.4 is 15.8 Å². The number of aromatic nitrogens is 4. The van der Waals surface area contributed by atoms with Crippen molar-refractivity contribution in [2.45, 2.75) is 6.04 Å². The molecule has 1 fully saturated rings. The molecule has 0 spiro atoms. The number of nitrogens with two attached hydrogens (primary N) is 1. The quantitative estimate of drug-likeness (QED) is 0.541. The van der Waals surface area contributed by atoms with E-state index in [0.29, 0.717) is 24.7 Å². The van der Waals surface area contributed by atoms with Crippen molar-refractivity contribution in [3.63, 3.8) is 0 Å². The Balaban J connectivity index is 1.52. The predicted octanol–water partition coefficient (Wildman–Crippen LogP) is 3.03. The van der Waals surface area contributed by atoms with Gasteiger partial charge in [-0.2, -0.15) is 5.10 Å². The second kappa shape index (κ2) is 8.10. The van der Waals surface area contributed by atoms with Crippen LogP contribution in [0.25, 0.3) is 22.3 Å². The smallest absolute Gasteiger partial charge is 0.164 e. The highest BCUT2D eigenvalue weighted by Gasteiger charge is 2.23. The van der Waals surface area contributed by atoms with E-state index < -0.39 is 0 Å². The fourth-order valence-corrected chi connectivity index (χ4v) is 3.61. The average Bonchev–Trinajstić information content (AvgIpc) is 2.97. The summed E-state index contributed by atoms with van der Waals surface area (Å²) < 4.78 is 13.5. The lowest BCUT2D eigenvalue weighted by atomic mass is 10.1. The molecule has 1 saturated heterocycles. The van der Waals surface area contributed by atoms with E-state index in [0.717, 1.165) is 41.2 Å². The Hall–Kier alpha value is -3.49. The van der Waals surface area contributed by atoms with Crippen molar-refractivity contribution in [2.75, 3.05) is 32.0 Å². The molecule has 2 aromatic heterocycles. The minimum absolute atomic E-state index is 0.0266.